The van der Waals surface area contributed by atoms with Gasteiger partial charge in [0.15, 0.2) is 0 Å². The summed E-state index contributed by atoms with van der Waals surface area (Å²) in [5.41, 5.74) is 0. The lowest BCUT2D eigenvalue weighted by atomic mass is 11.0. The van der Waals surface area contributed by atoms with Gasteiger partial charge in [0.1, 0.15) is 0 Å². The van der Waals surface area contributed by atoms with E-state index in [-0.39, 0.29) is 9.90 Å². The van der Waals surface area contributed by atoms with E-state index in [9.17, 15) is 0 Å². The quantitative estimate of drug-likeness (QED) is 0.435. The molecule has 0 radical (unpaired) electrons. The van der Waals surface area contributed by atoms with Gasteiger partial charge >= 0.3 is 0 Å². The molecule has 0 heterocycles. The standard InChI is InChI=1S/C2H7P.C2H6.H3P/c1-2-3;1-2;/h2-3H2,1H3;1-2H3;1H3. The van der Waals surface area contributed by atoms with Gasteiger partial charge in [0, 0.05) is 0 Å². The van der Waals surface area contributed by atoms with E-state index >= 15 is 0 Å². The SMILES string of the molecule is CC.CCP.P. The number of hydrogen-bond acceptors (Lipinski definition) is 0. The molecule has 0 aromatic carbocycles. The van der Waals surface area contributed by atoms with E-state index < -0.39 is 0 Å². The van der Waals surface area contributed by atoms with Crippen molar-refractivity contribution >= 4 is 19.1 Å². The molecule has 0 aliphatic rings. The average Bonchev–Trinajstić information content (AvgIpc) is 1.46. The Balaban J connectivity index is -0.0000000275. The molecular formula is C4H16P2. The monoisotopic (exact) mass is 126 g/mol. The first-order valence-corrected chi connectivity index (χ1v) is 2.93. The maximum Gasteiger partial charge on any atom is -0.0410 e. The summed E-state index contributed by atoms with van der Waals surface area (Å²) in [5.74, 6) is 0. The van der Waals surface area contributed by atoms with Crippen LogP contribution >= 0.6 is 19.1 Å². The number of rotatable bonds is 0. The fourth-order valence-electron chi connectivity index (χ4n) is 0. The van der Waals surface area contributed by atoms with Crippen LogP contribution in [0.15, 0.2) is 0 Å². The topological polar surface area (TPSA) is 0 Å². The third-order valence-corrected chi connectivity index (χ3v) is 0. The summed E-state index contributed by atoms with van der Waals surface area (Å²) in [6.45, 7) is 6.09. The van der Waals surface area contributed by atoms with E-state index in [2.05, 4.69) is 16.2 Å². The van der Waals surface area contributed by atoms with Gasteiger partial charge in [-0.3, -0.25) is 0 Å². The van der Waals surface area contributed by atoms with Gasteiger partial charge in [0.25, 0.3) is 0 Å². The minimum absolute atomic E-state index is 0. The molecule has 2 atom stereocenters. The fraction of sp³-hybridized carbons (Fsp3) is 1.00. The van der Waals surface area contributed by atoms with Crippen molar-refractivity contribution in [3.63, 3.8) is 0 Å². The summed E-state index contributed by atoms with van der Waals surface area (Å²) in [6.07, 6.45) is 1.17. The molecule has 0 nitrogen and oxygen atoms in total. The van der Waals surface area contributed by atoms with E-state index in [1.165, 1.54) is 6.16 Å². The van der Waals surface area contributed by atoms with E-state index in [0.29, 0.717) is 0 Å². The molecule has 0 fully saturated rings. The Kier molecular flexibility index (Phi) is 105. The second-order valence-corrected chi connectivity index (χ2v) is 1.22. The minimum atomic E-state index is 0. The highest BCUT2D eigenvalue weighted by Gasteiger charge is 1.35. The van der Waals surface area contributed by atoms with Crippen molar-refractivity contribution in [2.75, 3.05) is 6.16 Å². The molecule has 2 heteroatoms. The van der Waals surface area contributed by atoms with Gasteiger partial charge in [-0.2, -0.15) is 9.90 Å². The predicted octanol–water partition coefficient (Wildman–Crippen LogP) is 1.97. The zero-order valence-corrected chi connectivity index (χ0v) is 7.56. The Morgan fingerprint density at radius 3 is 1.33 bits per heavy atom. The van der Waals surface area contributed by atoms with Crippen LogP contribution in [0.2, 0.25) is 0 Å². The molecule has 0 aromatic rings. The molecule has 0 amide bonds. The summed E-state index contributed by atoms with van der Waals surface area (Å²) in [7, 11) is 2.58. The van der Waals surface area contributed by atoms with Crippen molar-refractivity contribution in [1.29, 1.82) is 0 Å². The largest absolute Gasteiger partial charge is 0.153 e. The Labute approximate surface area is 46.9 Å². The Bertz CT molecular complexity index is 5.51. The van der Waals surface area contributed by atoms with E-state index in [4.69, 9.17) is 0 Å². The summed E-state index contributed by atoms with van der Waals surface area (Å²) < 4.78 is 0. The van der Waals surface area contributed by atoms with Crippen molar-refractivity contribution < 1.29 is 0 Å². The van der Waals surface area contributed by atoms with Crippen molar-refractivity contribution in [2.45, 2.75) is 20.8 Å². The lowest BCUT2D eigenvalue weighted by Crippen LogP contribution is -1.33. The van der Waals surface area contributed by atoms with E-state index in [0.717, 1.165) is 0 Å². The van der Waals surface area contributed by atoms with Gasteiger partial charge in [-0.25, -0.2) is 0 Å². The van der Waals surface area contributed by atoms with E-state index in [1.807, 2.05) is 13.8 Å². The van der Waals surface area contributed by atoms with Crippen LogP contribution in [0.3, 0.4) is 0 Å². The maximum absolute atomic E-state index is 2.58. The molecule has 0 aromatic heterocycles. The molecule has 2 unspecified atom stereocenters. The Hall–Kier alpha value is 0.860. The van der Waals surface area contributed by atoms with E-state index in [1.54, 1.807) is 0 Å². The molecule has 0 saturated heterocycles. The Morgan fingerprint density at radius 1 is 1.33 bits per heavy atom. The molecule has 0 rings (SSSR count). The van der Waals surface area contributed by atoms with Crippen LogP contribution in [-0.2, 0) is 0 Å². The third-order valence-electron chi connectivity index (χ3n) is 0. The highest BCUT2D eigenvalue weighted by molar-refractivity contribution is 7.16. The molecule has 6 heavy (non-hydrogen) atoms. The summed E-state index contributed by atoms with van der Waals surface area (Å²) in [6, 6.07) is 0. The van der Waals surface area contributed by atoms with Crippen molar-refractivity contribution in [1.82, 2.24) is 0 Å². The first kappa shape index (κ1) is 15.8. The van der Waals surface area contributed by atoms with Crippen LogP contribution in [0.1, 0.15) is 20.8 Å². The Morgan fingerprint density at radius 2 is 1.33 bits per heavy atom. The van der Waals surface area contributed by atoms with Gasteiger partial charge in [-0.05, 0) is 6.16 Å². The molecule has 0 aliphatic carbocycles. The maximum atomic E-state index is 2.58. The molecule has 0 saturated carbocycles. The van der Waals surface area contributed by atoms with Crippen LogP contribution < -0.4 is 0 Å². The van der Waals surface area contributed by atoms with Gasteiger partial charge in [0.2, 0.25) is 0 Å². The normalized spacial score (nSPS) is 4.00. The predicted molar refractivity (Wildman–Crippen MR) is 42.7 cm³/mol. The lowest BCUT2D eigenvalue weighted by molar-refractivity contribution is 1.50. The number of hydrogen-bond donors (Lipinski definition) is 0. The molecule has 42 valence electrons. The summed E-state index contributed by atoms with van der Waals surface area (Å²) in [4.78, 5) is 0. The minimum Gasteiger partial charge on any atom is -0.153 e. The van der Waals surface area contributed by atoms with Crippen LogP contribution in [0, 0.1) is 0 Å². The van der Waals surface area contributed by atoms with Crippen LogP contribution in [0.4, 0.5) is 0 Å². The molecular weight excluding hydrogens is 110 g/mol. The van der Waals surface area contributed by atoms with Crippen LogP contribution in [-0.4, -0.2) is 6.16 Å². The van der Waals surface area contributed by atoms with Crippen molar-refractivity contribution in [3.8, 4) is 0 Å². The second kappa shape index (κ2) is 40.0. The van der Waals surface area contributed by atoms with Crippen LogP contribution in [0.25, 0.3) is 0 Å². The van der Waals surface area contributed by atoms with Gasteiger partial charge in [-0.15, -0.1) is 9.24 Å². The molecule has 0 spiro atoms. The smallest absolute Gasteiger partial charge is 0.0410 e. The first-order valence-electron chi connectivity index (χ1n) is 2.12. The van der Waals surface area contributed by atoms with Crippen LogP contribution in [0.5, 0.6) is 0 Å². The third kappa shape index (κ3) is 97.9. The van der Waals surface area contributed by atoms with Crippen molar-refractivity contribution in [2.24, 2.45) is 0 Å². The highest BCUT2D eigenvalue weighted by atomic mass is 31.0. The lowest BCUT2D eigenvalue weighted by Gasteiger charge is -1.48. The second-order valence-electron chi connectivity index (χ2n) is 0.408. The highest BCUT2D eigenvalue weighted by Crippen LogP contribution is 1.68. The zero-order chi connectivity index (χ0) is 4.71. The molecule has 0 N–H and O–H groups in total. The summed E-state index contributed by atoms with van der Waals surface area (Å²) in [5, 5.41) is 0. The zero-order valence-electron chi connectivity index (χ0n) is 4.99. The molecule has 0 aliphatic heterocycles. The van der Waals surface area contributed by atoms with Gasteiger partial charge in [0.05, 0.1) is 0 Å². The van der Waals surface area contributed by atoms with Crippen molar-refractivity contribution in [3.05, 3.63) is 0 Å². The van der Waals surface area contributed by atoms with Gasteiger partial charge in [-0.1, -0.05) is 20.8 Å². The first-order chi connectivity index (χ1) is 2.41. The fourth-order valence-corrected chi connectivity index (χ4v) is 0. The average molecular weight is 126 g/mol. The van der Waals surface area contributed by atoms with Gasteiger partial charge < -0.3 is 0 Å². The molecule has 0 bridgehead atoms. The summed E-state index contributed by atoms with van der Waals surface area (Å²) >= 11 is 0.